The molecule has 0 radical (unpaired) electrons. The summed E-state index contributed by atoms with van der Waals surface area (Å²) in [6, 6.07) is 0.00140. The molecular weight excluding hydrogens is 304 g/mol. The lowest BCUT2D eigenvalue weighted by atomic mass is 9.77. The Morgan fingerprint density at radius 3 is 2.68 bits per heavy atom. The molecule has 124 valence electrons. The zero-order chi connectivity index (χ0) is 14.9. The van der Waals surface area contributed by atoms with Gasteiger partial charge in [0.2, 0.25) is 11.8 Å². The van der Waals surface area contributed by atoms with Gasteiger partial charge >= 0.3 is 0 Å². The molecule has 3 N–H and O–H groups in total. The molecule has 2 aliphatic rings. The Bertz CT molecular complexity index is 509. The summed E-state index contributed by atoms with van der Waals surface area (Å²) in [7, 11) is 0. The van der Waals surface area contributed by atoms with Gasteiger partial charge < -0.3 is 15.6 Å². The number of carbonyl (C=O) groups excluding carboxylic acids is 1. The van der Waals surface area contributed by atoms with E-state index >= 15 is 0 Å². The van der Waals surface area contributed by atoms with Crippen LogP contribution in [0.1, 0.15) is 63.6 Å². The Balaban J connectivity index is 0.00000176. The van der Waals surface area contributed by atoms with Crippen molar-refractivity contribution < 1.29 is 9.32 Å². The lowest BCUT2D eigenvalue weighted by molar-refractivity contribution is -0.125. The van der Waals surface area contributed by atoms with Gasteiger partial charge in [0.25, 0.3) is 0 Å². The first-order valence-electron chi connectivity index (χ1n) is 7.99. The van der Waals surface area contributed by atoms with Crippen LogP contribution in [0.2, 0.25) is 0 Å². The Morgan fingerprint density at radius 1 is 1.41 bits per heavy atom. The van der Waals surface area contributed by atoms with E-state index < -0.39 is 5.54 Å². The monoisotopic (exact) mass is 328 g/mol. The summed E-state index contributed by atoms with van der Waals surface area (Å²) < 4.78 is 5.27. The first-order valence-corrected chi connectivity index (χ1v) is 7.99. The van der Waals surface area contributed by atoms with E-state index in [1.54, 1.807) is 0 Å². The highest BCUT2D eigenvalue weighted by Gasteiger charge is 2.39. The lowest BCUT2D eigenvalue weighted by Crippen LogP contribution is -2.44. The Kier molecular flexibility index (Phi) is 5.45. The minimum absolute atomic E-state index is 0. The molecule has 1 aromatic heterocycles. The topological polar surface area (TPSA) is 94.0 Å². The summed E-state index contributed by atoms with van der Waals surface area (Å²) in [5.41, 5.74) is 5.79. The van der Waals surface area contributed by atoms with E-state index in [0.717, 1.165) is 44.9 Å². The van der Waals surface area contributed by atoms with Crippen LogP contribution in [0.25, 0.3) is 0 Å². The molecule has 2 aliphatic carbocycles. The van der Waals surface area contributed by atoms with Gasteiger partial charge in [0.1, 0.15) is 0 Å². The van der Waals surface area contributed by atoms with Crippen LogP contribution in [-0.4, -0.2) is 22.1 Å². The third-order valence-electron chi connectivity index (χ3n) is 4.75. The summed E-state index contributed by atoms with van der Waals surface area (Å²) in [6.07, 6.45) is 7.86. The van der Waals surface area contributed by atoms with Crippen molar-refractivity contribution in [3.8, 4) is 0 Å². The summed E-state index contributed by atoms with van der Waals surface area (Å²) in [6.45, 7) is 1.97. The third kappa shape index (κ3) is 3.60. The first kappa shape index (κ1) is 17.2. The minimum Gasteiger partial charge on any atom is -0.353 e. The highest BCUT2D eigenvalue weighted by Crippen LogP contribution is 2.36. The van der Waals surface area contributed by atoms with Gasteiger partial charge in [-0.25, -0.2) is 0 Å². The van der Waals surface area contributed by atoms with Crippen LogP contribution in [0.4, 0.5) is 0 Å². The SMILES string of the molecule is CC(Cc1nc(C2(N)CCC2)no1)NC(=O)C1CCCC1.Cl. The van der Waals surface area contributed by atoms with Crippen molar-refractivity contribution in [3.05, 3.63) is 11.7 Å². The number of rotatable bonds is 5. The summed E-state index contributed by atoms with van der Waals surface area (Å²) >= 11 is 0. The second kappa shape index (κ2) is 6.96. The second-order valence-electron chi connectivity index (χ2n) is 6.62. The lowest BCUT2D eigenvalue weighted by Gasteiger charge is -2.34. The molecule has 0 bridgehead atoms. The predicted octanol–water partition coefficient (Wildman–Crippen LogP) is 2.07. The van der Waals surface area contributed by atoms with Crippen molar-refractivity contribution in [1.82, 2.24) is 15.5 Å². The highest BCUT2D eigenvalue weighted by atomic mass is 35.5. The van der Waals surface area contributed by atoms with Crippen LogP contribution in [-0.2, 0) is 16.8 Å². The van der Waals surface area contributed by atoms with E-state index in [0.29, 0.717) is 18.1 Å². The molecule has 22 heavy (non-hydrogen) atoms. The number of aromatic nitrogens is 2. The van der Waals surface area contributed by atoms with Crippen molar-refractivity contribution in [3.63, 3.8) is 0 Å². The molecule has 6 nitrogen and oxygen atoms in total. The number of amides is 1. The van der Waals surface area contributed by atoms with Crippen LogP contribution in [0.5, 0.6) is 0 Å². The maximum atomic E-state index is 12.1. The molecule has 2 fully saturated rings. The predicted molar refractivity (Wildman–Crippen MR) is 84.5 cm³/mol. The van der Waals surface area contributed by atoms with E-state index in [1.807, 2.05) is 6.92 Å². The second-order valence-corrected chi connectivity index (χ2v) is 6.62. The van der Waals surface area contributed by atoms with E-state index in [-0.39, 0.29) is 30.3 Å². The molecule has 0 spiro atoms. The number of nitrogens with zero attached hydrogens (tertiary/aromatic N) is 2. The smallest absolute Gasteiger partial charge is 0.228 e. The highest BCUT2D eigenvalue weighted by molar-refractivity contribution is 5.85. The van der Waals surface area contributed by atoms with E-state index in [9.17, 15) is 4.79 Å². The number of carbonyl (C=O) groups is 1. The molecule has 2 saturated carbocycles. The number of nitrogens with two attached hydrogens (primary N) is 1. The van der Waals surface area contributed by atoms with Gasteiger partial charge in [0, 0.05) is 18.4 Å². The maximum absolute atomic E-state index is 12.1. The Morgan fingerprint density at radius 2 is 2.09 bits per heavy atom. The van der Waals surface area contributed by atoms with Gasteiger partial charge in [-0.3, -0.25) is 4.79 Å². The van der Waals surface area contributed by atoms with Crippen molar-refractivity contribution in [2.75, 3.05) is 0 Å². The largest absolute Gasteiger partial charge is 0.353 e. The minimum atomic E-state index is -0.391. The standard InChI is InChI=1S/C15H24N4O2.ClH/c1-10(17-13(20)11-5-2-3-6-11)9-12-18-14(19-21-12)15(16)7-4-8-15;/h10-11H,2-9,16H2,1H3,(H,17,20);1H. The van der Waals surface area contributed by atoms with Gasteiger partial charge in [-0.1, -0.05) is 18.0 Å². The Labute approximate surface area is 137 Å². The summed E-state index contributed by atoms with van der Waals surface area (Å²) in [4.78, 5) is 16.5. The molecule has 7 heteroatoms. The van der Waals surface area contributed by atoms with Gasteiger partial charge in [0.05, 0.1) is 5.54 Å². The first-order chi connectivity index (χ1) is 10.1. The molecule has 0 aromatic carbocycles. The normalized spacial score (nSPS) is 21.7. The van der Waals surface area contributed by atoms with Crippen molar-refractivity contribution >= 4 is 18.3 Å². The molecular formula is C15H25ClN4O2. The van der Waals surface area contributed by atoms with Gasteiger partial charge in [-0.15, -0.1) is 12.4 Å². The summed E-state index contributed by atoms with van der Waals surface area (Å²) in [5.74, 6) is 1.51. The number of halogens is 1. The number of hydrogen-bond acceptors (Lipinski definition) is 5. The molecule has 1 aromatic rings. The molecule has 1 unspecified atom stereocenters. The van der Waals surface area contributed by atoms with Crippen LogP contribution < -0.4 is 11.1 Å². The zero-order valence-corrected chi connectivity index (χ0v) is 13.8. The van der Waals surface area contributed by atoms with Crippen molar-refractivity contribution in [2.45, 2.75) is 69.9 Å². The van der Waals surface area contributed by atoms with E-state index in [4.69, 9.17) is 10.3 Å². The van der Waals surface area contributed by atoms with E-state index in [1.165, 1.54) is 0 Å². The maximum Gasteiger partial charge on any atom is 0.228 e. The number of hydrogen-bond donors (Lipinski definition) is 2. The Hall–Kier alpha value is -1.14. The number of nitrogens with one attached hydrogen (secondary N) is 1. The van der Waals surface area contributed by atoms with Crippen molar-refractivity contribution in [2.24, 2.45) is 11.7 Å². The van der Waals surface area contributed by atoms with Crippen molar-refractivity contribution in [1.29, 1.82) is 0 Å². The fourth-order valence-corrected chi connectivity index (χ4v) is 3.18. The van der Waals surface area contributed by atoms with E-state index in [2.05, 4.69) is 15.5 Å². The van der Waals surface area contributed by atoms with Crippen LogP contribution >= 0.6 is 12.4 Å². The van der Waals surface area contributed by atoms with Gasteiger partial charge in [-0.2, -0.15) is 4.98 Å². The molecule has 1 heterocycles. The fraction of sp³-hybridized carbons (Fsp3) is 0.800. The molecule has 0 saturated heterocycles. The molecule has 3 rings (SSSR count). The van der Waals surface area contributed by atoms with Crippen LogP contribution in [0.15, 0.2) is 4.52 Å². The molecule has 0 aliphatic heterocycles. The molecule has 1 amide bonds. The third-order valence-corrected chi connectivity index (χ3v) is 4.75. The average molecular weight is 329 g/mol. The quantitative estimate of drug-likeness (QED) is 0.862. The fourth-order valence-electron chi connectivity index (χ4n) is 3.18. The van der Waals surface area contributed by atoms with Crippen LogP contribution in [0.3, 0.4) is 0 Å². The van der Waals surface area contributed by atoms with Crippen LogP contribution in [0, 0.1) is 5.92 Å². The summed E-state index contributed by atoms with van der Waals surface area (Å²) in [5, 5.41) is 7.04. The molecule has 1 atom stereocenters. The van der Waals surface area contributed by atoms with Gasteiger partial charge in [-0.05, 0) is 39.0 Å². The average Bonchev–Trinajstić information content (AvgIpc) is 3.06. The zero-order valence-electron chi connectivity index (χ0n) is 13.0. The van der Waals surface area contributed by atoms with Gasteiger partial charge in [0.15, 0.2) is 5.82 Å².